The van der Waals surface area contributed by atoms with Crippen molar-refractivity contribution < 1.29 is 0 Å². The van der Waals surface area contributed by atoms with Gasteiger partial charge >= 0.3 is 0 Å². The third kappa shape index (κ3) is 3.26. The lowest BCUT2D eigenvalue weighted by Gasteiger charge is -2.07. The minimum atomic E-state index is 0.906. The first-order chi connectivity index (χ1) is 8.04. The highest BCUT2D eigenvalue weighted by Crippen LogP contribution is 2.59. The molecule has 2 fully saturated rings. The summed E-state index contributed by atoms with van der Waals surface area (Å²) in [6.45, 7) is 12.0. The SMILES string of the molecule is CCC(C)C1C(C)C1CC1CC1CCC(C)C. The fourth-order valence-electron chi connectivity index (χ4n) is 4.01. The van der Waals surface area contributed by atoms with Crippen molar-refractivity contribution in [3.63, 3.8) is 0 Å². The second-order valence-electron chi connectivity index (χ2n) is 7.45. The summed E-state index contributed by atoms with van der Waals surface area (Å²) in [5, 5.41) is 0. The predicted octanol–water partition coefficient (Wildman–Crippen LogP) is 5.38. The lowest BCUT2D eigenvalue weighted by molar-refractivity contribution is 0.429. The van der Waals surface area contributed by atoms with Gasteiger partial charge in [-0.3, -0.25) is 0 Å². The molecule has 2 aliphatic rings. The van der Waals surface area contributed by atoms with Gasteiger partial charge in [-0.2, -0.15) is 0 Å². The summed E-state index contributed by atoms with van der Waals surface area (Å²) in [6.07, 6.45) is 7.47. The molecule has 0 aliphatic heterocycles. The third-order valence-corrected chi connectivity index (χ3v) is 5.70. The molecule has 0 heteroatoms. The summed E-state index contributed by atoms with van der Waals surface area (Å²) in [5.41, 5.74) is 0. The van der Waals surface area contributed by atoms with Crippen LogP contribution < -0.4 is 0 Å². The Morgan fingerprint density at radius 3 is 2.41 bits per heavy atom. The van der Waals surface area contributed by atoms with Gasteiger partial charge in [0, 0.05) is 0 Å². The van der Waals surface area contributed by atoms with E-state index < -0.39 is 0 Å². The molecule has 0 radical (unpaired) electrons. The highest BCUT2D eigenvalue weighted by atomic mass is 14.6. The van der Waals surface area contributed by atoms with Gasteiger partial charge in [0.05, 0.1) is 0 Å². The van der Waals surface area contributed by atoms with E-state index in [1.807, 2.05) is 0 Å². The molecule has 2 aliphatic carbocycles. The zero-order chi connectivity index (χ0) is 12.6. The molecule has 0 aromatic carbocycles. The fraction of sp³-hybridized carbons (Fsp3) is 1.00. The second kappa shape index (κ2) is 5.33. The molecule has 2 rings (SSSR count). The normalized spacial score (nSPS) is 41.6. The Labute approximate surface area is 109 Å². The van der Waals surface area contributed by atoms with Gasteiger partial charge < -0.3 is 0 Å². The lowest BCUT2D eigenvalue weighted by Crippen LogP contribution is -1.98. The van der Waals surface area contributed by atoms with Crippen LogP contribution in [0.25, 0.3) is 0 Å². The lowest BCUT2D eigenvalue weighted by atomic mass is 9.98. The molecule has 0 nitrogen and oxygen atoms in total. The van der Waals surface area contributed by atoms with E-state index in [4.69, 9.17) is 0 Å². The van der Waals surface area contributed by atoms with E-state index in [1.54, 1.807) is 12.8 Å². The highest BCUT2D eigenvalue weighted by molar-refractivity contribution is 5.00. The molecule has 0 aromatic heterocycles. The highest BCUT2D eigenvalue weighted by Gasteiger charge is 2.52. The maximum atomic E-state index is 2.49. The van der Waals surface area contributed by atoms with Crippen molar-refractivity contribution in [2.75, 3.05) is 0 Å². The maximum absolute atomic E-state index is 2.49. The molecule has 0 amide bonds. The smallest absolute Gasteiger partial charge is 0.0329 e. The summed E-state index contributed by atoms with van der Waals surface area (Å²) in [4.78, 5) is 0. The predicted molar refractivity (Wildman–Crippen MR) is 75.9 cm³/mol. The Morgan fingerprint density at radius 2 is 1.82 bits per heavy atom. The van der Waals surface area contributed by atoms with Gasteiger partial charge in [0.25, 0.3) is 0 Å². The van der Waals surface area contributed by atoms with Crippen molar-refractivity contribution >= 4 is 0 Å². The van der Waals surface area contributed by atoms with Crippen molar-refractivity contribution in [2.45, 2.75) is 66.7 Å². The molecule has 0 N–H and O–H groups in total. The minimum absolute atomic E-state index is 0.906. The van der Waals surface area contributed by atoms with E-state index in [0.29, 0.717) is 0 Å². The van der Waals surface area contributed by atoms with Crippen molar-refractivity contribution in [2.24, 2.45) is 41.4 Å². The summed E-state index contributed by atoms with van der Waals surface area (Å²) < 4.78 is 0. The average Bonchev–Trinajstić information content (AvgIpc) is 3.16. The zero-order valence-electron chi connectivity index (χ0n) is 12.6. The number of hydrogen-bond donors (Lipinski definition) is 0. The van der Waals surface area contributed by atoms with Crippen molar-refractivity contribution in [3.8, 4) is 0 Å². The van der Waals surface area contributed by atoms with Crippen molar-refractivity contribution in [1.29, 1.82) is 0 Å². The molecule has 0 bridgehead atoms. The van der Waals surface area contributed by atoms with E-state index in [2.05, 4.69) is 34.6 Å². The summed E-state index contributed by atoms with van der Waals surface area (Å²) >= 11 is 0. The van der Waals surface area contributed by atoms with E-state index >= 15 is 0 Å². The first kappa shape index (κ1) is 13.4. The molecule has 6 atom stereocenters. The Balaban J connectivity index is 1.64. The number of hydrogen-bond acceptors (Lipinski definition) is 0. The first-order valence-electron chi connectivity index (χ1n) is 8.04. The molecule has 17 heavy (non-hydrogen) atoms. The first-order valence-corrected chi connectivity index (χ1v) is 8.04. The van der Waals surface area contributed by atoms with Crippen LogP contribution in [-0.4, -0.2) is 0 Å². The standard InChI is InChI=1S/C17H32/c1-6-12(4)17-13(5)16(17)10-15-9-14(15)8-7-11(2)3/h11-17H,6-10H2,1-5H3. The molecule has 2 saturated carbocycles. The van der Waals surface area contributed by atoms with Crippen LogP contribution in [0.4, 0.5) is 0 Å². The summed E-state index contributed by atoms with van der Waals surface area (Å²) in [6, 6.07) is 0. The summed E-state index contributed by atoms with van der Waals surface area (Å²) in [7, 11) is 0. The van der Waals surface area contributed by atoms with Gasteiger partial charge in [0.15, 0.2) is 0 Å². The fourth-order valence-corrected chi connectivity index (χ4v) is 4.01. The van der Waals surface area contributed by atoms with Crippen LogP contribution in [0.1, 0.15) is 66.7 Å². The number of rotatable bonds is 7. The molecular weight excluding hydrogens is 204 g/mol. The Kier molecular flexibility index (Phi) is 4.21. The van der Waals surface area contributed by atoms with Crippen LogP contribution in [0, 0.1) is 41.4 Å². The Hall–Kier alpha value is 0. The quantitative estimate of drug-likeness (QED) is 0.557. The Morgan fingerprint density at radius 1 is 1.12 bits per heavy atom. The molecule has 100 valence electrons. The molecule has 0 saturated heterocycles. The molecule has 0 heterocycles. The van der Waals surface area contributed by atoms with Crippen LogP contribution in [0.15, 0.2) is 0 Å². The van der Waals surface area contributed by atoms with Gasteiger partial charge in [-0.15, -0.1) is 0 Å². The Bertz CT molecular complexity index is 242. The monoisotopic (exact) mass is 236 g/mol. The van der Waals surface area contributed by atoms with Gasteiger partial charge in [-0.25, -0.2) is 0 Å². The van der Waals surface area contributed by atoms with Crippen LogP contribution >= 0.6 is 0 Å². The zero-order valence-corrected chi connectivity index (χ0v) is 12.6. The van der Waals surface area contributed by atoms with Gasteiger partial charge in [0.2, 0.25) is 0 Å². The van der Waals surface area contributed by atoms with Crippen LogP contribution in [-0.2, 0) is 0 Å². The van der Waals surface area contributed by atoms with Crippen LogP contribution in [0.5, 0.6) is 0 Å². The van der Waals surface area contributed by atoms with E-state index in [9.17, 15) is 0 Å². The van der Waals surface area contributed by atoms with E-state index in [1.165, 1.54) is 19.3 Å². The molecule has 6 unspecified atom stereocenters. The van der Waals surface area contributed by atoms with Gasteiger partial charge in [-0.1, -0.05) is 47.5 Å². The molecule has 0 spiro atoms. The van der Waals surface area contributed by atoms with E-state index in [-0.39, 0.29) is 0 Å². The van der Waals surface area contributed by atoms with Crippen LogP contribution in [0.2, 0.25) is 0 Å². The second-order valence-corrected chi connectivity index (χ2v) is 7.45. The molecule has 0 aromatic rings. The molecular formula is C17H32. The van der Waals surface area contributed by atoms with Crippen molar-refractivity contribution in [1.82, 2.24) is 0 Å². The van der Waals surface area contributed by atoms with E-state index in [0.717, 1.165) is 41.4 Å². The maximum Gasteiger partial charge on any atom is -0.0329 e. The summed E-state index contributed by atoms with van der Waals surface area (Å²) in [5.74, 6) is 7.33. The largest absolute Gasteiger partial charge is 0.0651 e. The van der Waals surface area contributed by atoms with Crippen molar-refractivity contribution in [3.05, 3.63) is 0 Å². The minimum Gasteiger partial charge on any atom is -0.0651 e. The topological polar surface area (TPSA) is 0 Å². The van der Waals surface area contributed by atoms with Crippen LogP contribution in [0.3, 0.4) is 0 Å². The van der Waals surface area contributed by atoms with Gasteiger partial charge in [-0.05, 0) is 60.7 Å². The third-order valence-electron chi connectivity index (χ3n) is 5.70. The van der Waals surface area contributed by atoms with Gasteiger partial charge in [0.1, 0.15) is 0 Å². The average molecular weight is 236 g/mol.